The van der Waals surface area contributed by atoms with E-state index in [1.54, 1.807) is 0 Å². The Hall–Kier alpha value is -0.930. The van der Waals surface area contributed by atoms with Gasteiger partial charge in [0.1, 0.15) is 0 Å². The lowest BCUT2D eigenvalue weighted by molar-refractivity contribution is -0.0737. The minimum Gasteiger partial charge on any atom is -0.377 e. The van der Waals surface area contributed by atoms with Gasteiger partial charge in [-0.15, -0.1) is 0 Å². The molecular weight excluding hydrogens is 260 g/mol. The highest BCUT2D eigenvalue weighted by Gasteiger charge is 2.46. The largest absolute Gasteiger partial charge is 0.377 e. The molecule has 21 heavy (non-hydrogen) atoms. The molecule has 1 saturated carbocycles. The number of ether oxygens (including phenoxy) is 1. The average Bonchev–Trinajstić information content (AvgIpc) is 2.97. The van der Waals surface area contributed by atoms with Gasteiger partial charge in [-0.05, 0) is 43.9 Å². The molecule has 3 nitrogen and oxygen atoms in total. The van der Waals surface area contributed by atoms with Crippen LogP contribution in [0.25, 0.3) is 0 Å². The van der Waals surface area contributed by atoms with E-state index >= 15 is 0 Å². The number of aromatic nitrogens is 1. The third-order valence-corrected chi connectivity index (χ3v) is 5.50. The molecule has 1 N–H and O–H groups in total. The summed E-state index contributed by atoms with van der Waals surface area (Å²) in [5, 5.41) is 3.76. The van der Waals surface area contributed by atoms with Crippen LogP contribution < -0.4 is 5.32 Å². The zero-order valence-electron chi connectivity index (χ0n) is 13.4. The number of rotatable bonds is 5. The van der Waals surface area contributed by atoms with Crippen molar-refractivity contribution in [1.82, 2.24) is 10.3 Å². The maximum Gasteiger partial charge on any atom is 0.0837 e. The second kappa shape index (κ2) is 6.45. The Morgan fingerprint density at radius 1 is 1.38 bits per heavy atom. The van der Waals surface area contributed by atoms with Crippen molar-refractivity contribution in [3.8, 4) is 0 Å². The summed E-state index contributed by atoms with van der Waals surface area (Å²) in [4.78, 5) is 4.71. The molecule has 0 bridgehead atoms. The van der Waals surface area contributed by atoms with E-state index in [9.17, 15) is 0 Å². The summed E-state index contributed by atoms with van der Waals surface area (Å²) in [6, 6.07) is 4.70. The van der Waals surface area contributed by atoms with E-state index in [1.165, 1.54) is 49.8 Å². The van der Waals surface area contributed by atoms with E-state index in [2.05, 4.69) is 24.4 Å². The highest BCUT2D eigenvalue weighted by atomic mass is 16.5. The molecule has 2 aliphatic carbocycles. The van der Waals surface area contributed by atoms with Crippen LogP contribution in [-0.4, -0.2) is 30.3 Å². The van der Waals surface area contributed by atoms with Crippen LogP contribution in [0.15, 0.2) is 18.3 Å². The van der Waals surface area contributed by atoms with Crippen LogP contribution in [0.5, 0.6) is 0 Å². The molecule has 0 aliphatic heterocycles. The number of pyridine rings is 1. The molecule has 2 aliphatic rings. The summed E-state index contributed by atoms with van der Waals surface area (Å²) in [6.07, 6.45) is 10.6. The molecule has 2 atom stereocenters. The molecule has 3 rings (SSSR count). The first-order chi connectivity index (χ1) is 10.3. The van der Waals surface area contributed by atoms with Gasteiger partial charge in [0.05, 0.1) is 5.60 Å². The molecule has 1 heterocycles. The SMILES string of the molecule is CCNC(C1CCc2cccnc21)C1(OC)CCCCC1. The van der Waals surface area contributed by atoms with Gasteiger partial charge < -0.3 is 10.1 Å². The van der Waals surface area contributed by atoms with Gasteiger partial charge in [0, 0.05) is 31.0 Å². The van der Waals surface area contributed by atoms with Gasteiger partial charge >= 0.3 is 0 Å². The summed E-state index contributed by atoms with van der Waals surface area (Å²) >= 11 is 0. The molecule has 3 heteroatoms. The highest BCUT2D eigenvalue weighted by molar-refractivity contribution is 5.31. The second-order valence-corrected chi connectivity index (χ2v) is 6.56. The van der Waals surface area contributed by atoms with Crippen molar-refractivity contribution in [2.24, 2.45) is 0 Å². The number of likely N-dealkylation sites (N-methyl/N-ethyl adjacent to an activating group) is 1. The Morgan fingerprint density at radius 2 is 2.19 bits per heavy atom. The Kier molecular flexibility index (Phi) is 4.60. The number of aryl methyl sites for hydroxylation is 1. The van der Waals surface area contributed by atoms with E-state index in [1.807, 2.05) is 13.3 Å². The van der Waals surface area contributed by atoms with Gasteiger partial charge in [-0.3, -0.25) is 4.98 Å². The topological polar surface area (TPSA) is 34.2 Å². The third kappa shape index (κ3) is 2.74. The minimum atomic E-state index is -0.00193. The Morgan fingerprint density at radius 3 is 2.90 bits per heavy atom. The van der Waals surface area contributed by atoms with E-state index in [0.29, 0.717) is 12.0 Å². The van der Waals surface area contributed by atoms with Gasteiger partial charge in [-0.1, -0.05) is 32.3 Å². The van der Waals surface area contributed by atoms with Crippen LogP contribution in [0.1, 0.15) is 62.6 Å². The highest BCUT2D eigenvalue weighted by Crippen LogP contribution is 2.43. The molecule has 0 radical (unpaired) electrons. The van der Waals surface area contributed by atoms with Crippen molar-refractivity contribution in [2.75, 3.05) is 13.7 Å². The summed E-state index contributed by atoms with van der Waals surface area (Å²) in [5.74, 6) is 0.499. The first-order valence-electron chi connectivity index (χ1n) is 8.53. The molecule has 0 aromatic carbocycles. The van der Waals surface area contributed by atoms with Crippen molar-refractivity contribution < 1.29 is 4.74 Å². The van der Waals surface area contributed by atoms with Crippen molar-refractivity contribution >= 4 is 0 Å². The Balaban J connectivity index is 1.91. The van der Waals surface area contributed by atoms with Crippen LogP contribution >= 0.6 is 0 Å². The van der Waals surface area contributed by atoms with Crippen LogP contribution in [-0.2, 0) is 11.2 Å². The molecule has 1 aromatic heterocycles. The second-order valence-electron chi connectivity index (χ2n) is 6.56. The minimum absolute atomic E-state index is 0.00193. The predicted molar refractivity (Wildman–Crippen MR) is 85.6 cm³/mol. The van der Waals surface area contributed by atoms with Crippen LogP contribution in [0, 0.1) is 0 Å². The molecule has 0 spiro atoms. The number of hydrogen-bond acceptors (Lipinski definition) is 3. The van der Waals surface area contributed by atoms with Gasteiger partial charge in [-0.2, -0.15) is 0 Å². The summed E-state index contributed by atoms with van der Waals surface area (Å²) < 4.78 is 6.13. The maximum absolute atomic E-state index is 6.13. The number of nitrogens with one attached hydrogen (secondary N) is 1. The molecular formula is C18H28N2O. The van der Waals surface area contributed by atoms with E-state index in [4.69, 9.17) is 9.72 Å². The molecule has 2 unspecified atom stereocenters. The van der Waals surface area contributed by atoms with Gasteiger partial charge in [-0.25, -0.2) is 0 Å². The lowest BCUT2D eigenvalue weighted by Crippen LogP contribution is -2.55. The predicted octanol–water partition coefficient (Wildman–Crippen LogP) is 3.44. The van der Waals surface area contributed by atoms with Crippen molar-refractivity contribution in [1.29, 1.82) is 0 Å². The quantitative estimate of drug-likeness (QED) is 0.901. The first kappa shape index (κ1) is 15.0. The monoisotopic (exact) mass is 288 g/mol. The van der Waals surface area contributed by atoms with Crippen molar-refractivity contribution in [3.05, 3.63) is 29.6 Å². The summed E-state index contributed by atoms with van der Waals surface area (Å²) in [7, 11) is 1.91. The van der Waals surface area contributed by atoms with Gasteiger partial charge in [0.2, 0.25) is 0 Å². The summed E-state index contributed by atoms with van der Waals surface area (Å²) in [6.45, 7) is 3.20. The van der Waals surface area contributed by atoms with E-state index in [-0.39, 0.29) is 5.60 Å². The zero-order chi connectivity index (χ0) is 14.7. The fourth-order valence-corrected chi connectivity index (χ4v) is 4.48. The van der Waals surface area contributed by atoms with E-state index in [0.717, 1.165) is 13.0 Å². The summed E-state index contributed by atoms with van der Waals surface area (Å²) in [5.41, 5.74) is 2.75. The molecule has 1 aromatic rings. The van der Waals surface area contributed by atoms with Crippen LogP contribution in [0.4, 0.5) is 0 Å². The van der Waals surface area contributed by atoms with Crippen LogP contribution in [0.3, 0.4) is 0 Å². The fraction of sp³-hybridized carbons (Fsp3) is 0.722. The molecule has 0 saturated heterocycles. The maximum atomic E-state index is 6.13. The molecule has 116 valence electrons. The number of hydrogen-bond donors (Lipinski definition) is 1. The van der Waals surface area contributed by atoms with Crippen molar-refractivity contribution in [3.63, 3.8) is 0 Å². The molecule has 0 amide bonds. The van der Waals surface area contributed by atoms with Crippen LogP contribution in [0.2, 0.25) is 0 Å². The third-order valence-electron chi connectivity index (χ3n) is 5.50. The van der Waals surface area contributed by atoms with E-state index < -0.39 is 0 Å². The van der Waals surface area contributed by atoms with Gasteiger partial charge in [0.25, 0.3) is 0 Å². The van der Waals surface area contributed by atoms with Crippen molar-refractivity contribution in [2.45, 2.75) is 69.4 Å². The Labute approximate surface area is 128 Å². The van der Waals surface area contributed by atoms with Gasteiger partial charge in [0.15, 0.2) is 0 Å². The first-order valence-corrected chi connectivity index (χ1v) is 8.53. The average molecular weight is 288 g/mol. The normalized spacial score (nSPS) is 25.5. The number of nitrogens with zero attached hydrogens (tertiary/aromatic N) is 1. The standard InChI is InChI=1S/C18H28N2O/c1-3-19-17(18(21-2)11-5-4-6-12-18)15-10-9-14-8-7-13-20-16(14)15/h7-8,13,15,17,19H,3-6,9-12H2,1-2H3. The number of fused-ring (bicyclic) bond motifs is 1. The lowest BCUT2D eigenvalue weighted by atomic mass is 9.73. The smallest absolute Gasteiger partial charge is 0.0837 e. The fourth-order valence-electron chi connectivity index (χ4n) is 4.48. The zero-order valence-corrected chi connectivity index (χ0v) is 13.4. The number of methoxy groups -OCH3 is 1. The lowest BCUT2D eigenvalue weighted by Gasteiger charge is -2.45. The molecule has 1 fully saturated rings. The Bertz CT molecular complexity index is 468.